The van der Waals surface area contributed by atoms with Gasteiger partial charge in [-0.1, -0.05) is 12.8 Å². The fourth-order valence-electron chi connectivity index (χ4n) is 2.52. The van der Waals surface area contributed by atoms with Crippen LogP contribution in [0.15, 0.2) is 0 Å². The Morgan fingerprint density at radius 3 is 2.42 bits per heavy atom. The summed E-state index contributed by atoms with van der Waals surface area (Å²) < 4.78 is 4.73. The number of likely N-dealkylation sites (N-methyl/N-ethyl adjacent to an activating group) is 1. The molecule has 0 aromatic rings. The standard InChI is InChI=1S/C13H25N3O3/c1-4-19-12(18)10(14)11(17)15-9-13(16(2)3)7-5-6-8-13/h10H,4-9,14H2,1-3H3,(H,15,17). The first-order valence-electron chi connectivity index (χ1n) is 6.80. The predicted molar refractivity (Wildman–Crippen MR) is 72.5 cm³/mol. The molecule has 1 unspecified atom stereocenters. The van der Waals surface area contributed by atoms with Gasteiger partial charge in [-0.2, -0.15) is 0 Å². The van der Waals surface area contributed by atoms with E-state index in [0.29, 0.717) is 6.54 Å². The van der Waals surface area contributed by atoms with E-state index in [1.54, 1.807) is 6.92 Å². The molecule has 1 saturated carbocycles. The molecule has 1 rings (SSSR count). The van der Waals surface area contributed by atoms with Gasteiger partial charge in [-0.25, -0.2) is 4.79 Å². The van der Waals surface area contributed by atoms with Crippen molar-refractivity contribution >= 4 is 11.9 Å². The number of esters is 1. The van der Waals surface area contributed by atoms with E-state index >= 15 is 0 Å². The van der Waals surface area contributed by atoms with Crippen molar-refractivity contribution in [2.24, 2.45) is 5.73 Å². The van der Waals surface area contributed by atoms with E-state index in [1.807, 2.05) is 14.1 Å². The van der Waals surface area contributed by atoms with Crippen molar-refractivity contribution < 1.29 is 14.3 Å². The van der Waals surface area contributed by atoms with Crippen LogP contribution in [0.4, 0.5) is 0 Å². The van der Waals surface area contributed by atoms with E-state index in [4.69, 9.17) is 10.5 Å². The lowest BCUT2D eigenvalue weighted by Crippen LogP contribution is -2.55. The molecule has 1 amide bonds. The van der Waals surface area contributed by atoms with Crippen molar-refractivity contribution in [3.63, 3.8) is 0 Å². The Labute approximate surface area is 114 Å². The minimum absolute atomic E-state index is 0.00988. The van der Waals surface area contributed by atoms with E-state index in [0.717, 1.165) is 25.7 Å². The maximum atomic E-state index is 11.8. The minimum atomic E-state index is -1.24. The highest BCUT2D eigenvalue weighted by atomic mass is 16.5. The zero-order chi connectivity index (χ0) is 14.5. The van der Waals surface area contributed by atoms with Crippen LogP contribution >= 0.6 is 0 Å². The number of carbonyl (C=O) groups is 2. The summed E-state index contributed by atoms with van der Waals surface area (Å²) in [7, 11) is 4.03. The summed E-state index contributed by atoms with van der Waals surface area (Å²) in [6.07, 6.45) is 4.43. The molecule has 0 bridgehead atoms. The first-order chi connectivity index (χ1) is 8.93. The molecule has 1 atom stereocenters. The van der Waals surface area contributed by atoms with Gasteiger partial charge >= 0.3 is 5.97 Å². The lowest BCUT2D eigenvalue weighted by atomic mass is 9.96. The van der Waals surface area contributed by atoms with Crippen LogP contribution in [0.5, 0.6) is 0 Å². The largest absolute Gasteiger partial charge is 0.464 e. The van der Waals surface area contributed by atoms with Crippen LogP contribution in [0.1, 0.15) is 32.6 Å². The molecule has 6 heteroatoms. The summed E-state index contributed by atoms with van der Waals surface area (Å²) in [6.45, 7) is 2.43. The number of nitrogens with two attached hydrogens (primary N) is 1. The second-order valence-corrected chi connectivity index (χ2v) is 5.27. The van der Waals surface area contributed by atoms with Gasteiger partial charge in [-0.3, -0.25) is 4.79 Å². The minimum Gasteiger partial charge on any atom is -0.464 e. The lowest BCUT2D eigenvalue weighted by molar-refractivity contribution is -0.148. The van der Waals surface area contributed by atoms with Gasteiger partial charge in [0, 0.05) is 12.1 Å². The molecule has 0 saturated heterocycles. The van der Waals surface area contributed by atoms with Crippen LogP contribution in [0, 0.1) is 0 Å². The third kappa shape index (κ3) is 3.91. The molecule has 0 aliphatic heterocycles. The van der Waals surface area contributed by atoms with Gasteiger partial charge in [0.15, 0.2) is 6.04 Å². The molecule has 1 aliphatic rings. The summed E-state index contributed by atoms with van der Waals surface area (Å²) >= 11 is 0. The average molecular weight is 271 g/mol. The second kappa shape index (κ2) is 6.86. The van der Waals surface area contributed by atoms with E-state index in [-0.39, 0.29) is 12.1 Å². The number of nitrogens with zero attached hydrogens (tertiary/aromatic N) is 1. The van der Waals surface area contributed by atoms with Gasteiger partial charge in [0.05, 0.1) is 6.61 Å². The van der Waals surface area contributed by atoms with Gasteiger partial charge in [0.1, 0.15) is 0 Å². The van der Waals surface area contributed by atoms with Crippen LogP contribution in [-0.4, -0.2) is 55.6 Å². The molecular formula is C13H25N3O3. The van der Waals surface area contributed by atoms with Crippen LogP contribution < -0.4 is 11.1 Å². The molecule has 1 fully saturated rings. The molecule has 6 nitrogen and oxygen atoms in total. The Balaban J connectivity index is 2.51. The number of nitrogens with one attached hydrogen (secondary N) is 1. The molecule has 19 heavy (non-hydrogen) atoms. The summed E-state index contributed by atoms with van der Waals surface area (Å²) in [5, 5.41) is 2.78. The molecule has 3 N–H and O–H groups in total. The van der Waals surface area contributed by atoms with Gasteiger partial charge in [0.25, 0.3) is 0 Å². The third-order valence-electron chi connectivity index (χ3n) is 3.90. The molecule has 0 heterocycles. The maximum absolute atomic E-state index is 11.8. The average Bonchev–Trinajstić information content (AvgIpc) is 2.85. The molecule has 0 aromatic heterocycles. The molecule has 0 aromatic carbocycles. The van der Waals surface area contributed by atoms with Gasteiger partial charge in [-0.15, -0.1) is 0 Å². The highest BCUT2D eigenvalue weighted by Gasteiger charge is 2.37. The van der Waals surface area contributed by atoms with Gasteiger partial charge < -0.3 is 20.7 Å². The van der Waals surface area contributed by atoms with Crippen molar-refractivity contribution in [1.82, 2.24) is 10.2 Å². The Morgan fingerprint density at radius 1 is 1.37 bits per heavy atom. The van der Waals surface area contributed by atoms with Crippen LogP contribution in [0.2, 0.25) is 0 Å². The molecular weight excluding hydrogens is 246 g/mol. The zero-order valence-corrected chi connectivity index (χ0v) is 12.1. The Bertz CT molecular complexity index is 325. The van der Waals surface area contributed by atoms with E-state index in [9.17, 15) is 9.59 Å². The molecule has 1 aliphatic carbocycles. The van der Waals surface area contributed by atoms with Gasteiger partial charge in [-0.05, 0) is 33.9 Å². The van der Waals surface area contributed by atoms with Gasteiger partial charge in [0.2, 0.25) is 5.91 Å². The topological polar surface area (TPSA) is 84.7 Å². The normalized spacial score (nSPS) is 19.2. The number of amides is 1. The zero-order valence-electron chi connectivity index (χ0n) is 12.1. The number of carbonyl (C=O) groups excluding carboxylic acids is 2. The number of hydrogen-bond acceptors (Lipinski definition) is 5. The molecule has 0 spiro atoms. The summed E-state index contributed by atoms with van der Waals surface area (Å²) in [5.74, 6) is -1.14. The quantitative estimate of drug-likeness (QED) is 0.519. The van der Waals surface area contributed by atoms with E-state index in [2.05, 4.69) is 10.2 Å². The first-order valence-corrected chi connectivity index (χ1v) is 6.80. The number of hydrogen-bond donors (Lipinski definition) is 2. The number of rotatable bonds is 6. The second-order valence-electron chi connectivity index (χ2n) is 5.27. The smallest absolute Gasteiger partial charge is 0.332 e. The SMILES string of the molecule is CCOC(=O)C(N)C(=O)NCC1(N(C)C)CCCC1. The number of ether oxygens (including phenoxy) is 1. The summed E-state index contributed by atoms with van der Waals surface area (Å²) in [5.41, 5.74) is 5.54. The third-order valence-corrected chi connectivity index (χ3v) is 3.90. The van der Waals surface area contributed by atoms with Crippen LogP contribution in [0.3, 0.4) is 0 Å². The fourth-order valence-corrected chi connectivity index (χ4v) is 2.52. The maximum Gasteiger partial charge on any atom is 0.332 e. The van der Waals surface area contributed by atoms with Crippen molar-refractivity contribution in [2.75, 3.05) is 27.2 Å². The Hall–Kier alpha value is -1.14. The first kappa shape index (κ1) is 15.9. The highest BCUT2D eigenvalue weighted by Crippen LogP contribution is 2.33. The summed E-state index contributed by atoms with van der Waals surface area (Å²) in [4.78, 5) is 25.4. The Kier molecular flexibility index (Phi) is 5.75. The predicted octanol–water partition coefficient (Wildman–Crippen LogP) is -0.133. The van der Waals surface area contributed by atoms with E-state index in [1.165, 1.54) is 0 Å². The molecule has 110 valence electrons. The van der Waals surface area contributed by atoms with Crippen LogP contribution in [-0.2, 0) is 14.3 Å². The lowest BCUT2D eigenvalue weighted by Gasteiger charge is -2.36. The van der Waals surface area contributed by atoms with Crippen molar-refractivity contribution in [3.05, 3.63) is 0 Å². The molecule has 0 radical (unpaired) electrons. The van der Waals surface area contributed by atoms with Crippen molar-refractivity contribution in [1.29, 1.82) is 0 Å². The monoisotopic (exact) mass is 271 g/mol. The van der Waals surface area contributed by atoms with Crippen molar-refractivity contribution in [3.8, 4) is 0 Å². The van der Waals surface area contributed by atoms with Crippen molar-refractivity contribution in [2.45, 2.75) is 44.2 Å². The van der Waals surface area contributed by atoms with Crippen LogP contribution in [0.25, 0.3) is 0 Å². The fraction of sp³-hybridized carbons (Fsp3) is 0.846. The highest BCUT2D eigenvalue weighted by molar-refractivity contribution is 6.01. The summed E-state index contributed by atoms with van der Waals surface area (Å²) in [6, 6.07) is -1.24. The Morgan fingerprint density at radius 2 is 1.95 bits per heavy atom. The van der Waals surface area contributed by atoms with E-state index < -0.39 is 17.9 Å².